The molecular formula is C13H12BrNO2S. The van der Waals surface area contributed by atoms with Crippen LogP contribution < -0.4 is 5.32 Å². The number of halogens is 1. The molecule has 0 aliphatic rings. The fraction of sp³-hybridized carbons (Fsp3) is 0.154. The molecule has 1 heterocycles. The average Bonchev–Trinajstić information content (AvgIpc) is 2.74. The number of anilines is 1. The quantitative estimate of drug-likeness (QED) is 0.891. The topological polar surface area (TPSA) is 49.3 Å². The third-order valence-electron chi connectivity index (χ3n) is 2.60. The van der Waals surface area contributed by atoms with Gasteiger partial charge in [-0.25, -0.2) is 4.79 Å². The molecule has 0 aliphatic carbocycles. The maximum absolute atomic E-state index is 11.4. The fourth-order valence-electron chi connectivity index (χ4n) is 1.64. The van der Waals surface area contributed by atoms with Crippen LogP contribution in [0.15, 0.2) is 40.2 Å². The number of nitrogens with one attached hydrogen (secondary N) is 1. The predicted molar refractivity (Wildman–Crippen MR) is 77.2 cm³/mol. The van der Waals surface area contributed by atoms with Gasteiger partial charge in [0.25, 0.3) is 0 Å². The second kappa shape index (κ2) is 5.54. The largest absolute Gasteiger partial charge is 0.479 e. The van der Waals surface area contributed by atoms with E-state index in [0.717, 1.165) is 20.6 Å². The van der Waals surface area contributed by atoms with E-state index in [1.165, 1.54) is 11.3 Å². The van der Waals surface area contributed by atoms with E-state index < -0.39 is 12.0 Å². The summed E-state index contributed by atoms with van der Waals surface area (Å²) in [6.45, 7) is 1.95. The van der Waals surface area contributed by atoms with Crippen molar-refractivity contribution in [1.29, 1.82) is 0 Å². The number of carboxylic acid groups (broad SMARTS) is 1. The minimum Gasteiger partial charge on any atom is -0.479 e. The van der Waals surface area contributed by atoms with Gasteiger partial charge in [-0.2, -0.15) is 0 Å². The smallest absolute Gasteiger partial charge is 0.331 e. The van der Waals surface area contributed by atoms with Crippen LogP contribution in [0.4, 0.5) is 5.69 Å². The first-order valence-electron chi connectivity index (χ1n) is 5.37. The van der Waals surface area contributed by atoms with Crippen molar-refractivity contribution in [2.75, 3.05) is 5.32 Å². The van der Waals surface area contributed by atoms with Crippen molar-refractivity contribution in [2.24, 2.45) is 0 Å². The van der Waals surface area contributed by atoms with Crippen molar-refractivity contribution in [1.82, 2.24) is 0 Å². The Kier molecular flexibility index (Phi) is 4.04. The van der Waals surface area contributed by atoms with Gasteiger partial charge in [0.2, 0.25) is 0 Å². The lowest BCUT2D eigenvalue weighted by molar-refractivity contribution is -0.138. The van der Waals surface area contributed by atoms with E-state index >= 15 is 0 Å². The number of hydrogen-bond acceptors (Lipinski definition) is 3. The highest BCUT2D eigenvalue weighted by Crippen LogP contribution is 2.32. The number of aryl methyl sites for hydroxylation is 1. The molecule has 0 fully saturated rings. The van der Waals surface area contributed by atoms with E-state index in [0.29, 0.717) is 0 Å². The minimum absolute atomic E-state index is 0.736. The second-order valence-electron chi connectivity index (χ2n) is 3.86. The first-order valence-corrected chi connectivity index (χ1v) is 7.04. The van der Waals surface area contributed by atoms with Crippen LogP contribution in [-0.4, -0.2) is 11.1 Å². The molecule has 1 aromatic carbocycles. The molecule has 18 heavy (non-hydrogen) atoms. The minimum atomic E-state index is -0.888. The summed E-state index contributed by atoms with van der Waals surface area (Å²) in [5, 5.41) is 14.3. The van der Waals surface area contributed by atoms with Crippen molar-refractivity contribution in [3.8, 4) is 0 Å². The fourth-order valence-corrected chi connectivity index (χ4v) is 3.28. The molecule has 0 saturated heterocycles. The molecule has 2 N–H and O–H groups in total. The Morgan fingerprint density at radius 1 is 1.39 bits per heavy atom. The molecule has 0 bridgehead atoms. The SMILES string of the molecule is Cc1ccccc1NC(C(=O)O)c1sccc1Br. The standard InChI is InChI=1S/C13H12BrNO2S/c1-8-4-2-3-5-10(8)15-11(13(16)17)12-9(14)6-7-18-12/h2-7,11,15H,1H3,(H,16,17). The molecule has 5 heteroatoms. The summed E-state index contributed by atoms with van der Waals surface area (Å²) in [5.74, 6) is -0.888. The van der Waals surface area contributed by atoms with Gasteiger partial charge in [0, 0.05) is 10.2 Å². The molecule has 1 atom stereocenters. The molecule has 94 valence electrons. The summed E-state index contributed by atoms with van der Waals surface area (Å²) in [7, 11) is 0. The maximum atomic E-state index is 11.4. The van der Waals surface area contributed by atoms with Crippen molar-refractivity contribution < 1.29 is 9.90 Å². The number of carbonyl (C=O) groups is 1. The van der Waals surface area contributed by atoms with Crippen LogP contribution in [0.3, 0.4) is 0 Å². The van der Waals surface area contributed by atoms with Gasteiger partial charge < -0.3 is 10.4 Å². The Bertz CT molecular complexity index is 568. The molecular weight excluding hydrogens is 314 g/mol. The summed E-state index contributed by atoms with van der Waals surface area (Å²) in [6.07, 6.45) is 0. The summed E-state index contributed by atoms with van der Waals surface area (Å²) in [4.78, 5) is 12.2. The first kappa shape index (κ1) is 13.1. The molecule has 2 rings (SSSR count). The van der Waals surface area contributed by atoms with Crippen LogP contribution in [0.1, 0.15) is 16.5 Å². The molecule has 1 unspecified atom stereocenters. The summed E-state index contributed by atoms with van der Waals surface area (Å²) in [6, 6.07) is 8.77. The van der Waals surface area contributed by atoms with E-state index in [1.807, 2.05) is 42.6 Å². The van der Waals surface area contributed by atoms with Gasteiger partial charge >= 0.3 is 5.97 Å². The zero-order chi connectivity index (χ0) is 13.1. The number of rotatable bonds is 4. The normalized spacial score (nSPS) is 12.1. The Hall–Kier alpha value is -1.33. The number of para-hydroxylation sites is 1. The highest BCUT2D eigenvalue weighted by molar-refractivity contribution is 9.10. The number of carboxylic acids is 1. The monoisotopic (exact) mass is 325 g/mol. The van der Waals surface area contributed by atoms with Gasteiger partial charge in [-0.05, 0) is 45.9 Å². The highest BCUT2D eigenvalue weighted by atomic mass is 79.9. The molecule has 0 amide bonds. The van der Waals surface area contributed by atoms with E-state index in [2.05, 4.69) is 21.2 Å². The van der Waals surface area contributed by atoms with Crippen LogP contribution in [0.2, 0.25) is 0 Å². The Morgan fingerprint density at radius 2 is 2.11 bits per heavy atom. The van der Waals surface area contributed by atoms with Crippen LogP contribution in [0.25, 0.3) is 0 Å². The van der Waals surface area contributed by atoms with Crippen molar-refractivity contribution in [2.45, 2.75) is 13.0 Å². The summed E-state index contributed by atoms with van der Waals surface area (Å²) >= 11 is 4.80. The third-order valence-corrected chi connectivity index (χ3v) is 4.53. The van der Waals surface area contributed by atoms with Crippen LogP contribution in [-0.2, 0) is 4.79 Å². The van der Waals surface area contributed by atoms with E-state index in [4.69, 9.17) is 0 Å². The maximum Gasteiger partial charge on any atom is 0.331 e. The van der Waals surface area contributed by atoms with Gasteiger partial charge in [0.15, 0.2) is 6.04 Å². The molecule has 2 aromatic rings. The molecule has 1 aromatic heterocycles. The lowest BCUT2D eigenvalue weighted by Gasteiger charge is -2.16. The molecule has 0 saturated carbocycles. The van der Waals surface area contributed by atoms with Crippen molar-refractivity contribution in [3.05, 3.63) is 50.6 Å². The van der Waals surface area contributed by atoms with Crippen LogP contribution in [0.5, 0.6) is 0 Å². The van der Waals surface area contributed by atoms with Crippen LogP contribution >= 0.6 is 27.3 Å². The molecule has 0 aliphatic heterocycles. The molecule has 0 radical (unpaired) electrons. The van der Waals surface area contributed by atoms with Gasteiger partial charge in [-0.15, -0.1) is 11.3 Å². The van der Waals surface area contributed by atoms with Gasteiger partial charge in [-0.3, -0.25) is 0 Å². The average molecular weight is 326 g/mol. The number of benzene rings is 1. The zero-order valence-electron chi connectivity index (χ0n) is 9.68. The first-order chi connectivity index (χ1) is 8.59. The van der Waals surface area contributed by atoms with Gasteiger partial charge in [0.1, 0.15) is 0 Å². The van der Waals surface area contributed by atoms with E-state index in [1.54, 1.807) is 0 Å². The third kappa shape index (κ3) is 2.73. The van der Waals surface area contributed by atoms with Gasteiger partial charge in [-0.1, -0.05) is 18.2 Å². The molecule has 0 spiro atoms. The van der Waals surface area contributed by atoms with Crippen LogP contribution in [0, 0.1) is 6.92 Å². The number of hydrogen-bond donors (Lipinski definition) is 2. The Morgan fingerprint density at radius 3 is 2.67 bits per heavy atom. The lowest BCUT2D eigenvalue weighted by Crippen LogP contribution is -2.20. The highest BCUT2D eigenvalue weighted by Gasteiger charge is 2.23. The summed E-state index contributed by atoms with van der Waals surface area (Å²) < 4.78 is 0.820. The van der Waals surface area contributed by atoms with Gasteiger partial charge in [0.05, 0.1) is 4.88 Å². The number of aliphatic carboxylic acids is 1. The number of thiophene rings is 1. The Balaban J connectivity index is 2.31. The molecule has 3 nitrogen and oxygen atoms in total. The Labute approximate surface area is 118 Å². The van der Waals surface area contributed by atoms with E-state index in [9.17, 15) is 9.90 Å². The van der Waals surface area contributed by atoms with Crippen molar-refractivity contribution >= 4 is 38.9 Å². The second-order valence-corrected chi connectivity index (χ2v) is 5.67. The predicted octanol–water partition coefficient (Wildman–Crippen LogP) is 4.06. The van der Waals surface area contributed by atoms with E-state index in [-0.39, 0.29) is 0 Å². The summed E-state index contributed by atoms with van der Waals surface area (Å²) in [5.41, 5.74) is 1.86. The lowest BCUT2D eigenvalue weighted by atomic mass is 10.1. The van der Waals surface area contributed by atoms with Crippen molar-refractivity contribution in [3.63, 3.8) is 0 Å². The zero-order valence-corrected chi connectivity index (χ0v) is 12.1.